The number of nitrogens with zero attached hydrogens (tertiary/aromatic N) is 4. The summed E-state index contributed by atoms with van der Waals surface area (Å²) in [6.07, 6.45) is 5.07. The Balaban J connectivity index is 1.65. The maximum Gasteiger partial charge on any atom is 0.242 e. The van der Waals surface area contributed by atoms with E-state index in [1.807, 2.05) is 23.6 Å². The fourth-order valence-electron chi connectivity index (χ4n) is 4.03. The fraction of sp³-hybridized carbons (Fsp3) is 0.208. The standard InChI is InChI=1S/C24H20ClN5O2S/c1-15(16-5-6-16)29-33(31,32)18-8-10-21(28-14-18)24-20(13-26)19-9-7-17(25)12-22(19)30(24)23-4-2-3-11-27-23/h2-4,7-12,14-16,29H,5-6H2,1H3/t15-/m0/s1. The number of halogens is 1. The van der Waals surface area contributed by atoms with Gasteiger partial charge in [-0.2, -0.15) is 5.26 Å². The molecule has 5 rings (SSSR count). The van der Waals surface area contributed by atoms with Crippen molar-refractivity contribution in [3.05, 3.63) is 71.5 Å². The van der Waals surface area contributed by atoms with Crippen LogP contribution in [0, 0.1) is 17.2 Å². The summed E-state index contributed by atoms with van der Waals surface area (Å²) in [5, 5.41) is 11.2. The van der Waals surface area contributed by atoms with E-state index < -0.39 is 10.0 Å². The molecule has 1 aromatic carbocycles. The Kier molecular flexibility index (Phi) is 5.41. The van der Waals surface area contributed by atoms with Crippen LogP contribution in [0.3, 0.4) is 0 Å². The lowest BCUT2D eigenvalue weighted by molar-refractivity contribution is 0.538. The number of aromatic nitrogens is 3. The van der Waals surface area contributed by atoms with E-state index in [2.05, 4.69) is 20.8 Å². The first kappa shape index (κ1) is 21.6. The second-order valence-corrected chi connectivity index (χ2v) is 10.3. The van der Waals surface area contributed by atoms with Crippen LogP contribution in [0.5, 0.6) is 0 Å². The van der Waals surface area contributed by atoms with Crippen LogP contribution in [-0.2, 0) is 10.0 Å². The number of hydrogen-bond acceptors (Lipinski definition) is 5. The molecule has 4 aromatic rings. The van der Waals surface area contributed by atoms with Gasteiger partial charge < -0.3 is 0 Å². The lowest BCUT2D eigenvalue weighted by atomic mass is 10.1. The van der Waals surface area contributed by atoms with Gasteiger partial charge in [-0.25, -0.2) is 18.1 Å². The summed E-state index contributed by atoms with van der Waals surface area (Å²) in [5.74, 6) is 0.991. The highest BCUT2D eigenvalue weighted by Crippen LogP contribution is 2.36. The molecule has 1 N–H and O–H groups in total. The summed E-state index contributed by atoms with van der Waals surface area (Å²) < 4.78 is 30.1. The van der Waals surface area contributed by atoms with E-state index in [9.17, 15) is 13.7 Å². The molecule has 0 radical (unpaired) electrons. The lowest BCUT2D eigenvalue weighted by Crippen LogP contribution is -2.34. The molecule has 33 heavy (non-hydrogen) atoms. The summed E-state index contributed by atoms with van der Waals surface area (Å²) >= 11 is 6.26. The van der Waals surface area contributed by atoms with Crippen LogP contribution < -0.4 is 4.72 Å². The number of nitrogens with one attached hydrogen (secondary N) is 1. The number of sulfonamides is 1. The van der Waals surface area contributed by atoms with E-state index in [0.29, 0.717) is 44.6 Å². The molecule has 1 aliphatic rings. The zero-order chi connectivity index (χ0) is 23.2. The molecule has 0 bridgehead atoms. The minimum absolute atomic E-state index is 0.0841. The van der Waals surface area contributed by atoms with Gasteiger partial charge in [-0.3, -0.25) is 9.55 Å². The molecule has 1 fully saturated rings. The molecular weight excluding hydrogens is 458 g/mol. The predicted molar refractivity (Wildman–Crippen MR) is 127 cm³/mol. The summed E-state index contributed by atoms with van der Waals surface area (Å²) in [6, 6.07) is 16.1. The molecule has 1 saturated carbocycles. The monoisotopic (exact) mass is 477 g/mol. The zero-order valence-electron chi connectivity index (χ0n) is 17.7. The van der Waals surface area contributed by atoms with Crippen molar-refractivity contribution >= 4 is 32.5 Å². The first-order valence-corrected chi connectivity index (χ1v) is 12.4. The lowest BCUT2D eigenvalue weighted by Gasteiger charge is -2.14. The van der Waals surface area contributed by atoms with Gasteiger partial charge in [0.15, 0.2) is 0 Å². The molecule has 0 saturated heterocycles. The average Bonchev–Trinajstić information content (AvgIpc) is 3.61. The molecule has 0 aliphatic heterocycles. The molecule has 1 aliphatic carbocycles. The van der Waals surface area contributed by atoms with Gasteiger partial charge in [0, 0.05) is 28.8 Å². The van der Waals surface area contributed by atoms with Crippen molar-refractivity contribution in [2.75, 3.05) is 0 Å². The third kappa shape index (κ3) is 4.00. The molecule has 0 spiro atoms. The zero-order valence-corrected chi connectivity index (χ0v) is 19.3. The van der Waals surface area contributed by atoms with Gasteiger partial charge in [-0.1, -0.05) is 17.7 Å². The molecule has 166 valence electrons. The number of pyridine rings is 2. The Labute approximate surface area is 196 Å². The van der Waals surface area contributed by atoms with E-state index in [1.54, 1.807) is 36.5 Å². The van der Waals surface area contributed by atoms with Crippen LogP contribution in [0.2, 0.25) is 5.02 Å². The van der Waals surface area contributed by atoms with Crippen LogP contribution in [-0.4, -0.2) is 29.0 Å². The highest BCUT2D eigenvalue weighted by molar-refractivity contribution is 7.89. The Morgan fingerprint density at radius 1 is 1.18 bits per heavy atom. The van der Waals surface area contributed by atoms with Crippen molar-refractivity contribution in [1.82, 2.24) is 19.3 Å². The second-order valence-electron chi connectivity index (χ2n) is 8.15. The summed E-state index contributed by atoms with van der Waals surface area (Å²) in [4.78, 5) is 8.98. The Hall–Kier alpha value is -3.25. The van der Waals surface area contributed by atoms with E-state index in [0.717, 1.165) is 12.8 Å². The molecule has 7 nitrogen and oxygen atoms in total. The highest BCUT2D eigenvalue weighted by atomic mass is 35.5. The van der Waals surface area contributed by atoms with Crippen molar-refractivity contribution in [1.29, 1.82) is 5.26 Å². The van der Waals surface area contributed by atoms with E-state index >= 15 is 0 Å². The first-order valence-electron chi connectivity index (χ1n) is 10.5. The van der Waals surface area contributed by atoms with Gasteiger partial charge in [0.25, 0.3) is 0 Å². The topological polar surface area (TPSA) is 101 Å². The fourth-order valence-corrected chi connectivity index (χ4v) is 5.45. The van der Waals surface area contributed by atoms with Crippen molar-refractivity contribution in [3.63, 3.8) is 0 Å². The number of benzene rings is 1. The number of rotatable bonds is 6. The maximum atomic E-state index is 12.8. The smallest absolute Gasteiger partial charge is 0.242 e. The number of fused-ring (bicyclic) bond motifs is 1. The Morgan fingerprint density at radius 3 is 2.64 bits per heavy atom. The minimum atomic E-state index is -3.69. The molecule has 0 amide bonds. The minimum Gasteiger partial charge on any atom is -0.291 e. The van der Waals surface area contributed by atoms with Crippen LogP contribution in [0.15, 0.2) is 65.8 Å². The number of hydrogen-bond donors (Lipinski definition) is 1. The van der Waals surface area contributed by atoms with Crippen molar-refractivity contribution in [2.45, 2.75) is 30.7 Å². The van der Waals surface area contributed by atoms with Crippen molar-refractivity contribution < 1.29 is 8.42 Å². The van der Waals surface area contributed by atoms with E-state index in [1.165, 1.54) is 12.3 Å². The van der Waals surface area contributed by atoms with Gasteiger partial charge in [0.2, 0.25) is 10.0 Å². The SMILES string of the molecule is C[C@H](NS(=O)(=O)c1ccc(-c2c(C#N)c3ccc(Cl)cc3n2-c2ccccn2)nc1)C1CC1. The van der Waals surface area contributed by atoms with E-state index in [4.69, 9.17) is 11.6 Å². The second kappa shape index (κ2) is 8.27. The predicted octanol–water partition coefficient (Wildman–Crippen LogP) is 4.69. The number of nitriles is 1. The average molecular weight is 478 g/mol. The summed E-state index contributed by atoms with van der Waals surface area (Å²) in [6.45, 7) is 1.88. The van der Waals surface area contributed by atoms with Crippen LogP contribution in [0.1, 0.15) is 25.3 Å². The molecule has 0 unspecified atom stereocenters. The van der Waals surface area contributed by atoms with Gasteiger partial charge in [-0.05, 0) is 68.1 Å². The Morgan fingerprint density at radius 2 is 2.00 bits per heavy atom. The largest absolute Gasteiger partial charge is 0.291 e. The summed E-state index contributed by atoms with van der Waals surface area (Å²) in [7, 11) is -3.69. The molecular formula is C24H20ClN5O2S. The van der Waals surface area contributed by atoms with Gasteiger partial charge in [0.05, 0.1) is 22.5 Å². The van der Waals surface area contributed by atoms with Crippen molar-refractivity contribution in [2.24, 2.45) is 5.92 Å². The van der Waals surface area contributed by atoms with Crippen LogP contribution in [0.4, 0.5) is 0 Å². The molecule has 3 aromatic heterocycles. The first-order chi connectivity index (χ1) is 15.9. The van der Waals surface area contributed by atoms with Crippen molar-refractivity contribution in [3.8, 4) is 23.3 Å². The van der Waals surface area contributed by atoms with Gasteiger partial charge in [0.1, 0.15) is 16.8 Å². The quantitative estimate of drug-likeness (QED) is 0.434. The third-order valence-corrected chi connectivity index (χ3v) is 7.66. The van der Waals surface area contributed by atoms with Crippen LogP contribution >= 0.6 is 11.6 Å². The van der Waals surface area contributed by atoms with Gasteiger partial charge in [-0.15, -0.1) is 0 Å². The third-order valence-electron chi connectivity index (χ3n) is 5.88. The van der Waals surface area contributed by atoms with E-state index in [-0.39, 0.29) is 10.9 Å². The highest BCUT2D eigenvalue weighted by Gasteiger charge is 2.31. The Bertz CT molecular complexity index is 1490. The van der Waals surface area contributed by atoms with Gasteiger partial charge >= 0.3 is 0 Å². The molecule has 9 heteroatoms. The summed E-state index contributed by atoms with van der Waals surface area (Å²) in [5.41, 5.74) is 2.11. The molecule has 3 heterocycles. The maximum absolute atomic E-state index is 12.8. The normalized spacial score (nSPS) is 14.8. The van der Waals surface area contributed by atoms with Crippen LogP contribution in [0.25, 0.3) is 28.1 Å². The molecule has 1 atom stereocenters.